The second-order valence-corrected chi connectivity index (χ2v) is 9.01. The molecule has 0 aliphatic heterocycles. The van der Waals surface area contributed by atoms with E-state index in [4.69, 9.17) is 0 Å². The first-order valence-electron chi connectivity index (χ1n) is 9.06. The predicted octanol–water partition coefficient (Wildman–Crippen LogP) is 3.70. The van der Waals surface area contributed by atoms with Crippen LogP contribution in [0, 0.1) is 0 Å². The number of para-hydroxylation sites is 1. The highest BCUT2D eigenvalue weighted by atomic mass is 32.2. The van der Waals surface area contributed by atoms with Gasteiger partial charge >= 0.3 is 0 Å². The van der Waals surface area contributed by atoms with Crippen molar-refractivity contribution in [1.29, 1.82) is 0 Å². The largest absolute Gasteiger partial charge is 0.350 e. The fourth-order valence-electron chi connectivity index (χ4n) is 2.52. The second-order valence-electron chi connectivity index (χ2n) is 6.48. The van der Waals surface area contributed by atoms with Crippen molar-refractivity contribution in [2.75, 3.05) is 16.3 Å². The molecule has 9 heteroatoms. The number of amides is 2. The van der Waals surface area contributed by atoms with E-state index in [1.54, 1.807) is 24.3 Å². The van der Waals surface area contributed by atoms with Gasteiger partial charge in [-0.05, 0) is 49.9 Å². The van der Waals surface area contributed by atoms with Crippen molar-refractivity contribution < 1.29 is 18.0 Å². The molecule has 0 aliphatic carbocycles. The van der Waals surface area contributed by atoms with Crippen LogP contribution < -0.4 is 15.4 Å². The fourth-order valence-corrected chi connectivity index (χ4v) is 4.16. The van der Waals surface area contributed by atoms with E-state index < -0.39 is 10.0 Å². The molecule has 2 amide bonds. The van der Waals surface area contributed by atoms with E-state index >= 15 is 0 Å². The SMILES string of the molecule is CC[C@@H](C)NC(=O)c1ccccc1NS(=O)(=O)c1ccc(SC)c(NC(C)=O)c1. The zero-order chi connectivity index (χ0) is 21.6. The number of carbonyl (C=O) groups excluding carboxylic acids is 2. The van der Waals surface area contributed by atoms with Crippen molar-refractivity contribution >= 4 is 45.0 Å². The Hall–Kier alpha value is -2.52. The van der Waals surface area contributed by atoms with E-state index in [1.165, 1.54) is 36.9 Å². The lowest BCUT2D eigenvalue weighted by molar-refractivity contribution is -0.114. The summed E-state index contributed by atoms with van der Waals surface area (Å²) in [5.74, 6) is -0.649. The van der Waals surface area contributed by atoms with Crippen LogP contribution in [0.1, 0.15) is 37.6 Å². The Bertz CT molecular complexity index is 1010. The predicted molar refractivity (Wildman–Crippen MR) is 117 cm³/mol. The van der Waals surface area contributed by atoms with Gasteiger partial charge in [-0.2, -0.15) is 0 Å². The zero-order valence-electron chi connectivity index (χ0n) is 16.8. The summed E-state index contributed by atoms with van der Waals surface area (Å²) in [6, 6.07) is 10.9. The van der Waals surface area contributed by atoms with Gasteiger partial charge in [0.1, 0.15) is 0 Å². The number of hydrogen-bond acceptors (Lipinski definition) is 5. The number of rotatable bonds is 8. The molecule has 0 saturated carbocycles. The van der Waals surface area contributed by atoms with Crippen LogP contribution in [0.25, 0.3) is 0 Å². The summed E-state index contributed by atoms with van der Waals surface area (Å²) in [7, 11) is -3.98. The van der Waals surface area contributed by atoms with Crippen LogP contribution in [0.5, 0.6) is 0 Å². The molecule has 0 saturated heterocycles. The molecule has 0 heterocycles. The minimum absolute atomic E-state index is 0.0174. The maximum atomic E-state index is 12.9. The highest BCUT2D eigenvalue weighted by Crippen LogP contribution is 2.29. The van der Waals surface area contributed by atoms with Gasteiger partial charge in [0.05, 0.1) is 21.8 Å². The number of sulfonamides is 1. The molecule has 156 valence electrons. The van der Waals surface area contributed by atoms with Crippen LogP contribution in [-0.2, 0) is 14.8 Å². The average molecular weight is 436 g/mol. The highest BCUT2D eigenvalue weighted by molar-refractivity contribution is 7.98. The Labute approximate surface area is 175 Å². The molecule has 2 aromatic carbocycles. The van der Waals surface area contributed by atoms with Gasteiger partial charge in [-0.25, -0.2) is 8.42 Å². The van der Waals surface area contributed by atoms with E-state index in [1.807, 2.05) is 20.1 Å². The smallest absolute Gasteiger partial charge is 0.261 e. The summed E-state index contributed by atoms with van der Waals surface area (Å²) in [6.07, 6.45) is 2.59. The first-order chi connectivity index (χ1) is 13.7. The quantitative estimate of drug-likeness (QED) is 0.549. The summed E-state index contributed by atoms with van der Waals surface area (Å²) in [5, 5.41) is 5.48. The lowest BCUT2D eigenvalue weighted by Crippen LogP contribution is -2.32. The van der Waals surface area contributed by atoms with Gasteiger partial charge in [-0.1, -0.05) is 19.1 Å². The molecule has 0 bridgehead atoms. The Morgan fingerprint density at radius 2 is 1.79 bits per heavy atom. The zero-order valence-corrected chi connectivity index (χ0v) is 18.4. The van der Waals surface area contributed by atoms with E-state index in [9.17, 15) is 18.0 Å². The molecule has 0 unspecified atom stereocenters. The molecule has 3 N–H and O–H groups in total. The molecule has 29 heavy (non-hydrogen) atoms. The van der Waals surface area contributed by atoms with Gasteiger partial charge in [-0.15, -0.1) is 11.8 Å². The average Bonchev–Trinajstić information content (AvgIpc) is 2.67. The Balaban J connectivity index is 2.37. The maximum Gasteiger partial charge on any atom is 0.261 e. The molecule has 0 aromatic heterocycles. The fraction of sp³-hybridized carbons (Fsp3) is 0.300. The number of carbonyl (C=O) groups is 2. The monoisotopic (exact) mass is 435 g/mol. The molecule has 0 radical (unpaired) electrons. The number of anilines is 2. The van der Waals surface area contributed by atoms with Crippen molar-refractivity contribution in [3.05, 3.63) is 48.0 Å². The second kappa shape index (κ2) is 9.80. The van der Waals surface area contributed by atoms with Crippen LogP contribution in [0.3, 0.4) is 0 Å². The van der Waals surface area contributed by atoms with Crippen LogP contribution in [0.15, 0.2) is 52.3 Å². The third-order valence-electron chi connectivity index (χ3n) is 4.20. The Morgan fingerprint density at radius 3 is 2.41 bits per heavy atom. The Kier molecular flexibility index (Phi) is 7.69. The van der Waals surface area contributed by atoms with Crippen molar-refractivity contribution in [3.63, 3.8) is 0 Å². The molecule has 0 fully saturated rings. The van der Waals surface area contributed by atoms with Crippen molar-refractivity contribution in [3.8, 4) is 0 Å². The lowest BCUT2D eigenvalue weighted by Gasteiger charge is -2.16. The maximum absolute atomic E-state index is 12.9. The van der Waals surface area contributed by atoms with Crippen LogP contribution in [0.2, 0.25) is 0 Å². The first kappa shape index (κ1) is 22.8. The van der Waals surface area contributed by atoms with Crippen LogP contribution in [0.4, 0.5) is 11.4 Å². The summed E-state index contributed by atoms with van der Waals surface area (Å²) in [4.78, 5) is 24.7. The molecular weight excluding hydrogens is 410 g/mol. The van der Waals surface area contributed by atoms with E-state index in [0.29, 0.717) is 5.69 Å². The summed E-state index contributed by atoms with van der Waals surface area (Å²) in [5.41, 5.74) is 0.832. The van der Waals surface area contributed by atoms with Crippen molar-refractivity contribution in [2.45, 2.75) is 43.0 Å². The summed E-state index contributed by atoms with van der Waals surface area (Å²) < 4.78 is 28.3. The van der Waals surface area contributed by atoms with E-state index in [0.717, 1.165) is 11.3 Å². The van der Waals surface area contributed by atoms with Crippen molar-refractivity contribution in [2.24, 2.45) is 0 Å². The number of nitrogens with one attached hydrogen (secondary N) is 3. The molecule has 2 aromatic rings. The van der Waals surface area contributed by atoms with Crippen LogP contribution >= 0.6 is 11.8 Å². The van der Waals surface area contributed by atoms with Gasteiger partial charge in [0.2, 0.25) is 5.91 Å². The molecule has 1 atom stereocenters. The number of hydrogen-bond donors (Lipinski definition) is 3. The topological polar surface area (TPSA) is 104 Å². The molecular formula is C20H25N3O4S2. The van der Waals surface area contributed by atoms with E-state index in [-0.39, 0.29) is 34.0 Å². The molecule has 0 aliphatic rings. The first-order valence-corrected chi connectivity index (χ1v) is 11.8. The van der Waals surface area contributed by atoms with Gasteiger partial charge in [0, 0.05) is 17.9 Å². The lowest BCUT2D eigenvalue weighted by atomic mass is 10.1. The van der Waals surface area contributed by atoms with Gasteiger partial charge in [0.15, 0.2) is 0 Å². The Morgan fingerprint density at radius 1 is 1.10 bits per heavy atom. The van der Waals surface area contributed by atoms with Crippen LogP contribution in [-0.4, -0.2) is 32.5 Å². The molecule has 2 rings (SSSR count). The molecule has 7 nitrogen and oxygen atoms in total. The third kappa shape index (κ3) is 5.98. The summed E-state index contributed by atoms with van der Waals surface area (Å²) in [6.45, 7) is 5.18. The van der Waals surface area contributed by atoms with Gasteiger partial charge < -0.3 is 10.6 Å². The van der Waals surface area contributed by atoms with E-state index in [2.05, 4.69) is 15.4 Å². The number of benzene rings is 2. The minimum Gasteiger partial charge on any atom is -0.350 e. The number of thioether (sulfide) groups is 1. The normalized spacial score (nSPS) is 12.1. The van der Waals surface area contributed by atoms with Crippen molar-refractivity contribution in [1.82, 2.24) is 5.32 Å². The third-order valence-corrected chi connectivity index (χ3v) is 6.36. The van der Waals surface area contributed by atoms with Gasteiger partial charge in [0.25, 0.3) is 15.9 Å². The van der Waals surface area contributed by atoms with Gasteiger partial charge in [-0.3, -0.25) is 14.3 Å². The summed E-state index contributed by atoms with van der Waals surface area (Å²) >= 11 is 1.39. The highest BCUT2D eigenvalue weighted by Gasteiger charge is 2.20. The minimum atomic E-state index is -3.98. The standard InChI is InChI=1S/C20H25N3O4S2/c1-5-13(2)21-20(25)16-8-6-7-9-17(16)23-29(26,27)15-10-11-19(28-4)18(12-15)22-14(3)24/h6-13,23H,5H2,1-4H3,(H,21,25)(H,22,24)/t13-/m1/s1. The molecule has 0 spiro atoms.